The van der Waals surface area contributed by atoms with E-state index < -0.39 is 23.8 Å². The zero-order valence-corrected chi connectivity index (χ0v) is 13.5. The van der Waals surface area contributed by atoms with Crippen LogP contribution in [0.15, 0.2) is 12.1 Å². The van der Waals surface area contributed by atoms with Crippen molar-refractivity contribution in [3.63, 3.8) is 0 Å². The van der Waals surface area contributed by atoms with E-state index >= 15 is 0 Å². The molecule has 0 spiro atoms. The number of hydrogen-bond acceptors (Lipinski definition) is 3. The highest BCUT2D eigenvalue weighted by Crippen LogP contribution is 2.36. The predicted octanol–water partition coefficient (Wildman–Crippen LogP) is 4.26. The van der Waals surface area contributed by atoms with Gasteiger partial charge >= 0.3 is 0 Å². The van der Waals surface area contributed by atoms with Crippen molar-refractivity contribution >= 4 is 17.5 Å². The molecule has 2 saturated carbocycles. The van der Waals surface area contributed by atoms with E-state index in [9.17, 15) is 18.0 Å². The number of carbonyl (C=O) groups is 1. The number of alkyl halides is 2. The third kappa shape index (κ3) is 4.33. The number of rotatable bonds is 5. The van der Waals surface area contributed by atoms with Gasteiger partial charge in [0.2, 0.25) is 5.92 Å². The molecule has 1 aromatic rings. The number of carbonyl (C=O) groups excluding carboxylic acids is 1. The maximum Gasteiger partial charge on any atom is 0.277 e. The molecule has 2 aliphatic rings. The standard InChI is InChI=1S/C16H17ClF3NO3/c17-12-7-11(15(22)21-24-10-1-2-10)13(18)8-14(12)23-9-3-5-16(19,20)6-4-9/h7-10H,1-6H2,(H,21,22). The molecule has 1 N–H and O–H groups in total. The SMILES string of the molecule is O=C(NOC1CC1)c1cc(Cl)c(OC2CCC(F)(F)CC2)cc1F. The average molecular weight is 364 g/mol. The normalized spacial score (nSPS) is 20.7. The zero-order chi connectivity index (χ0) is 17.3. The predicted molar refractivity (Wildman–Crippen MR) is 80.8 cm³/mol. The minimum atomic E-state index is -2.67. The molecular formula is C16H17ClF3NO3. The number of nitrogens with one attached hydrogen (secondary N) is 1. The molecule has 1 aromatic carbocycles. The molecule has 2 fully saturated rings. The van der Waals surface area contributed by atoms with Gasteiger partial charge in [0, 0.05) is 18.9 Å². The first kappa shape index (κ1) is 17.4. The van der Waals surface area contributed by atoms with Crippen molar-refractivity contribution in [2.24, 2.45) is 0 Å². The highest BCUT2D eigenvalue weighted by molar-refractivity contribution is 6.32. The van der Waals surface area contributed by atoms with Crippen molar-refractivity contribution in [2.45, 2.75) is 56.7 Å². The van der Waals surface area contributed by atoms with E-state index in [1.54, 1.807) is 0 Å². The van der Waals surface area contributed by atoms with Gasteiger partial charge in [0.1, 0.15) is 11.6 Å². The Morgan fingerprint density at radius 3 is 2.46 bits per heavy atom. The van der Waals surface area contributed by atoms with E-state index in [-0.39, 0.29) is 48.1 Å². The van der Waals surface area contributed by atoms with E-state index in [1.165, 1.54) is 0 Å². The molecule has 24 heavy (non-hydrogen) atoms. The summed E-state index contributed by atoms with van der Waals surface area (Å²) in [5.41, 5.74) is 1.92. The van der Waals surface area contributed by atoms with Crippen LogP contribution in [0.5, 0.6) is 5.75 Å². The Morgan fingerprint density at radius 1 is 1.17 bits per heavy atom. The summed E-state index contributed by atoms with van der Waals surface area (Å²) in [6.07, 6.45) is 1.06. The number of benzene rings is 1. The van der Waals surface area contributed by atoms with E-state index in [0.29, 0.717) is 0 Å². The summed E-state index contributed by atoms with van der Waals surface area (Å²) in [4.78, 5) is 16.9. The van der Waals surface area contributed by atoms with Gasteiger partial charge in [-0.05, 0) is 31.7 Å². The Bertz CT molecular complexity index is 627. The zero-order valence-electron chi connectivity index (χ0n) is 12.8. The molecule has 4 nitrogen and oxygen atoms in total. The van der Waals surface area contributed by atoms with Crippen LogP contribution in [0.1, 0.15) is 48.9 Å². The van der Waals surface area contributed by atoms with Gasteiger partial charge in [-0.1, -0.05) is 11.6 Å². The van der Waals surface area contributed by atoms with Crippen LogP contribution in [0, 0.1) is 5.82 Å². The van der Waals surface area contributed by atoms with E-state index in [4.69, 9.17) is 21.2 Å². The lowest BCUT2D eigenvalue weighted by Crippen LogP contribution is -2.31. The van der Waals surface area contributed by atoms with Crippen molar-refractivity contribution < 1.29 is 27.5 Å². The van der Waals surface area contributed by atoms with Crippen LogP contribution in [0.2, 0.25) is 5.02 Å². The topological polar surface area (TPSA) is 47.6 Å². The first-order chi connectivity index (χ1) is 11.3. The van der Waals surface area contributed by atoms with Crippen LogP contribution in [0.3, 0.4) is 0 Å². The molecule has 0 saturated heterocycles. The Labute approximate surface area is 142 Å². The second kappa shape index (κ2) is 6.80. The van der Waals surface area contributed by atoms with Gasteiger partial charge in [-0.25, -0.2) is 18.7 Å². The van der Waals surface area contributed by atoms with Gasteiger partial charge in [-0.2, -0.15) is 0 Å². The van der Waals surface area contributed by atoms with Gasteiger partial charge in [0.15, 0.2) is 0 Å². The number of halogens is 4. The molecule has 0 heterocycles. The summed E-state index contributed by atoms with van der Waals surface area (Å²) in [6, 6.07) is 2.15. The Morgan fingerprint density at radius 2 is 1.83 bits per heavy atom. The molecule has 3 rings (SSSR count). The summed E-state index contributed by atoms with van der Waals surface area (Å²) < 4.78 is 45.9. The summed E-state index contributed by atoms with van der Waals surface area (Å²) in [7, 11) is 0. The van der Waals surface area contributed by atoms with Crippen LogP contribution >= 0.6 is 11.6 Å². The van der Waals surface area contributed by atoms with Crippen LogP contribution in [-0.4, -0.2) is 24.0 Å². The number of hydrogen-bond donors (Lipinski definition) is 1. The second-order valence-electron chi connectivity index (χ2n) is 6.18. The Hall–Kier alpha value is -1.47. The smallest absolute Gasteiger partial charge is 0.277 e. The maximum absolute atomic E-state index is 14.1. The van der Waals surface area contributed by atoms with Gasteiger partial charge < -0.3 is 4.74 Å². The number of amides is 1. The lowest BCUT2D eigenvalue weighted by molar-refractivity contribution is -0.0582. The fourth-order valence-electron chi connectivity index (χ4n) is 2.48. The second-order valence-corrected chi connectivity index (χ2v) is 6.59. The van der Waals surface area contributed by atoms with Gasteiger partial charge in [0.25, 0.3) is 5.91 Å². The first-order valence-electron chi connectivity index (χ1n) is 7.83. The number of hydroxylamine groups is 1. The minimum Gasteiger partial charge on any atom is -0.489 e. The van der Waals surface area contributed by atoms with Crippen molar-refractivity contribution in [2.75, 3.05) is 0 Å². The largest absolute Gasteiger partial charge is 0.489 e. The maximum atomic E-state index is 14.1. The lowest BCUT2D eigenvalue weighted by Gasteiger charge is -2.29. The highest BCUT2D eigenvalue weighted by Gasteiger charge is 2.36. The molecule has 132 valence electrons. The van der Waals surface area contributed by atoms with Crippen molar-refractivity contribution in [1.29, 1.82) is 0 Å². The summed E-state index contributed by atoms with van der Waals surface area (Å²) in [5, 5.41) is 0.0466. The molecule has 0 aromatic heterocycles. The third-order valence-electron chi connectivity index (χ3n) is 4.07. The minimum absolute atomic E-state index is 0.0143. The molecular weight excluding hydrogens is 347 g/mol. The van der Waals surface area contributed by atoms with Crippen LogP contribution in [0.4, 0.5) is 13.2 Å². The Kier molecular flexibility index (Phi) is 4.92. The molecule has 0 bridgehead atoms. The Balaban J connectivity index is 1.64. The number of ether oxygens (including phenoxy) is 1. The molecule has 0 unspecified atom stereocenters. The average Bonchev–Trinajstić information content (AvgIpc) is 3.34. The van der Waals surface area contributed by atoms with Gasteiger partial charge in [-0.3, -0.25) is 9.63 Å². The van der Waals surface area contributed by atoms with Crippen LogP contribution in [-0.2, 0) is 4.84 Å². The molecule has 0 aliphatic heterocycles. The first-order valence-corrected chi connectivity index (χ1v) is 8.21. The fraction of sp³-hybridized carbons (Fsp3) is 0.562. The molecule has 0 atom stereocenters. The summed E-state index contributed by atoms with van der Waals surface area (Å²) >= 11 is 6.04. The summed E-state index contributed by atoms with van der Waals surface area (Å²) in [5.74, 6) is -4.17. The van der Waals surface area contributed by atoms with Crippen molar-refractivity contribution in [3.8, 4) is 5.75 Å². The summed E-state index contributed by atoms with van der Waals surface area (Å²) in [6.45, 7) is 0. The third-order valence-corrected chi connectivity index (χ3v) is 4.36. The fourth-order valence-corrected chi connectivity index (χ4v) is 2.69. The van der Waals surface area contributed by atoms with E-state index in [0.717, 1.165) is 25.0 Å². The van der Waals surface area contributed by atoms with Crippen molar-refractivity contribution in [1.82, 2.24) is 5.48 Å². The monoisotopic (exact) mass is 363 g/mol. The molecule has 8 heteroatoms. The molecule has 2 aliphatic carbocycles. The van der Waals surface area contributed by atoms with E-state index in [1.807, 2.05) is 0 Å². The van der Waals surface area contributed by atoms with Gasteiger partial charge in [-0.15, -0.1) is 0 Å². The lowest BCUT2D eigenvalue weighted by atomic mass is 9.94. The van der Waals surface area contributed by atoms with Crippen LogP contribution < -0.4 is 10.2 Å². The van der Waals surface area contributed by atoms with Crippen molar-refractivity contribution in [3.05, 3.63) is 28.5 Å². The quantitative estimate of drug-likeness (QED) is 0.795. The van der Waals surface area contributed by atoms with Gasteiger partial charge in [0.05, 0.1) is 22.8 Å². The van der Waals surface area contributed by atoms with Crippen LogP contribution in [0.25, 0.3) is 0 Å². The molecule has 0 radical (unpaired) electrons. The molecule has 1 amide bonds. The van der Waals surface area contributed by atoms with E-state index in [2.05, 4.69) is 5.48 Å². The highest BCUT2D eigenvalue weighted by atomic mass is 35.5.